The summed E-state index contributed by atoms with van der Waals surface area (Å²) >= 11 is 11.1. The van der Waals surface area contributed by atoms with Crippen LogP contribution in [0.4, 0.5) is 0 Å². The standard InChI is InChI=1S/C20H20BrClN2O3S2/c21-16-4-6-18(7-5-16)29(26,27)23-10-8-20(9-11-23)24(12-13-28-20)19(25)15-2-1-3-17(22)14-15/h1-7,14H,8-13H2. The van der Waals surface area contributed by atoms with Gasteiger partial charge in [0.05, 0.1) is 9.77 Å². The molecular weight excluding hydrogens is 496 g/mol. The number of carbonyl (C=O) groups excluding carboxylic acids is 1. The molecular formula is C20H20BrClN2O3S2. The summed E-state index contributed by atoms with van der Waals surface area (Å²) in [4.78, 5) is 15.0. The van der Waals surface area contributed by atoms with E-state index >= 15 is 0 Å². The van der Waals surface area contributed by atoms with Crippen molar-refractivity contribution in [2.24, 2.45) is 0 Å². The summed E-state index contributed by atoms with van der Waals surface area (Å²) < 4.78 is 28.3. The van der Waals surface area contributed by atoms with Gasteiger partial charge in [-0.15, -0.1) is 11.8 Å². The number of halogens is 2. The van der Waals surface area contributed by atoms with Gasteiger partial charge in [-0.1, -0.05) is 33.6 Å². The third kappa shape index (κ3) is 4.10. The molecule has 2 heterocycles. The van der Waals surface area contributed by atoms with Crippen molar-refractivity contribution in [1.29, 1.82) is 0 Å². The Morgan fingerprint density at radius 2 is 1.76 bits per heavy atom. The van der Waals surface area contributed by atoms with Crippen molar-refractivity contribution in [3.05, 3.63) is 63.6 Å². The lowest BCUT2D eigenvalue weighted by molar-refractivity contribution is 0.0605. The normalized spacial score (nSPS) is 19.6. The van der Waals surface area contributed by atoms with Gasteiger partial charge in [0.15, 0.2) is 0 Å². The van der Waals surface area contributed by atoms with Crippen LogP contribution in [-0.2, 0) is 10.0 Å². The number of nitrogens with zero attached hydrogens (tertiary/aromatic N) is 2. The van der Waals surface area contributed by atoms with E-state index in [0.717, 1.165) is 10.2 Å². The van der Waals surface area contributed by atoms with Gasteiger partial charge < -0.3 is 4.90 Å². The summed E-state index contributed by atoms with van der Waals surface area (Å²) in [6.07, 6.45) is 1.22. The first kappa shape index (κ1) is 21.2. The molecule has 4 rings (SSSR count). The first-order valence-corrected chi connectivity index (χ1v) is 12.9. The minimum absolute atomic E-state index is 0.0401. The van der Waals surface area contributed by atoms with E-state index in [1.54, 1.807) is 60.3 Å². The van der Waals surface area contributed by atoms with E-state index in [1.165, 1.54) is 4.31 Å². The maximum Gasteiger partial charge on any atom is 0.255 e. The van der Waals surface area contributed by atoms with Crippen LogP contribution in [0.5, 0.6) is 0 Å². The second-order valence-corrected chi connectivity index (χ2v) is 11.9. The third-order valence-corrected chi connectivity index (χ3v) is 9.68. The largest absolute Gasteiger partial charge is 0.323 e. The second kappa shape index (κ2) is 8.23. The summed E-state index contributed by atoms with van der Waals surface area (Å²) in [5.74, 6) is 0.813. The van der Waals surface area contributed by atoms with Crippen LogP contribution < -0.4 is 0 Å². The molecule has 0 radical (unpaired) electrons. The molecule has 0 unspecified atom stereocenters. The van der Waals surface area contributed by atoms with Gasteiger partial charge in [0.2, 0.25) is 10.0 Å². The molecule has 154 valence electrons. The first-order valence-electron chi connectivity index (χ1n) is 9.29. The van der Waals surface area contributed by atoms with Gasteiger partial charge in [0, 0.05) is 40.4 Å². The van der Waals surface area contributed by atoms with Gasteiger partial charge in [0.1, 0.15) is 0 Å². The van der Waals surface area contributed by atoms with E-state index in [2.05, 4.69) is 15.9 Å². The summed E-state index contributed by atoms with van der Waals surface area (Å²) in [5.41, 5.74) is 0.573. The average Bonchev–Trinajstić information content (AvgIpc) is 3.11. The molecule has 29 heavy (non-hydrogen) atoms. The number of rotatable bonds is 3. The van der Waals surface area contributed by atoms with E-state index in [4.69, 9.17) is 11.6 Å². The number of hydrogen-bond acceptors (Lipinski definition) is 4. The molecule has 2 aromatic carbocycles. The van der Waals surface area contributed by atoms with Crippen LogP contribution in [0.25, 0.3) is 0 Å². The van der Waals surface area contributed by atoms with Crippen LogP contribution in [-0.4, -0.2) is 53.8 Å². The lowest BCUT2D eigenvalue weighted by Gasteiger charge is -2.43. The number of carbonyl (C=O) groups is 1. The fourth-order valence-corrected chi connectivity index (χ4v) is 7.27. The Morgan fingerprint density at radius 1 is 1.07 bits per heavy atom. The van der Waals surface area contributed by atoms with Gasteiger partial charge in [-0.25, -0.2) is 8.42 Å². The molecule has 0 atom stereocenters. The summed E-state index contributed by atoms with van der Waals surface area (Å²) in [6.45, 7) is 1.45. The Hall–Kier alpha value is -1.06. The molecule has 0 bridgehead atoms. The van der Waals surface area contributed by atoms with Crippen LogP contribution in [0.1, 0.15) is 23.2 Å². The number of benzene rings is 2. The smallest absolute Gasteiger partial charge is 0.255 e. The van der Waals surface area contributed by atoms with Crippen LogP contribution in [0.15, 0.2) is 57.9 Å². The number of sulfonamides is 1. The number of thioether (sulfide) groups is 1. The molecule has 2 aliphatic heterocycles. The molecule has 2 fully saturated rings. The highest BCUT2D eigenvalue weighted by Crippen LogP contribution is 2.45. The number of hydrogen-bond donors (Lipinski definition) is 0. The summed E-state index contributed by atoms with van der Waals surface area (Å²) in [7, 11) is -3.54. The Kier molecular flexibility index (Phi) is 6.01. The third-order valence-electron chi connectivity index (χ3n) is 5.45. The summed E-state index contributed by atoms with van der Waals surface area (Å²) in [5, 5.41) is 0.534. The zero-order chi connectivity index (χ0) is 20.6. The zero-order valence-electron chi connectivity index (χ0n) is 15.6. The van der Waals surface area contributed by atoms with E-state index in [0.29, 0.717) is 48.0 Å². The van der Waals surface area contributed by atoms with Gasteiger partial charge in [-0.3, -0.25) is 4.79 Å². The summed E-state index contributed by atoms with van der Waals surface area (Å²) in [6, 6.07) is 13.7. The van der Waals surface area contributed by atoms with Crippen molar-refractivity contribution in [3.8, 4) is 0 Å². The highest BCUT2D eigenvalue weighted by atomic mass is 79.9. The zero-order valence-corrected chi connectivity index (χ0v) is 19.5. The maximum absolute atomic E-state index is 13.1. The van der Waals surface area contributed by atoms with E-state index in [-0.39, 0.29) is 10.8 Å². The van der Waals surface area contributed by atoms with Crippen molar-refractivity contribution in [2.75, 3.05) is 25.4 Å². The highest BCUT2D eigenvalue weighted by Gasteiger charge is 2.48. The van der Waals surface area contributed by atoms with E-state index < -0.39 is 10.0 Å². The van der Waals surface area contributed by atoms with Gasteiger partial charge in [-0.05, 0) is 55.3 Å². The number of amides is 1. The van der Waals surface area contributed by atoms with Gasteiger partial charge in [0.25, 0.3) is 5.91 Å². The molecule has 2 aliphatic rings. The fourth-order valence-electron chi connectivity index (χ4n) is 3.92. The predicted octanol–water partition coefficient (Wildman–Crippen LogP) is 4.47. The Bertz CT molecular complexity index is 1020. The quantitative estimate of drug-likeness (QED) is 0.605. The molecule has 5 nitrogen and oxygen atoms in total. The van der Waals surface area contributed by atoms with Gasteiger partial charge in [-0.2, -0.15) is 4.31 Å². The molecule has 0 aromatic heterocycles. The second-order valence-electron chi connectivity index (χ2n) is 7.12. The Morgan fingerprint density at radius 3 is 2.41 bits per heavy atom. The van der Waals surface area contributed by atoms with Crippen molar-refractivity contribution >= 4 is 55.2 Å². The predicted molar refractivity (Wildman–Crippen MR) is 120 cm³/mol. The Labute approximate surface area is 188 Å². The van der Waals surface area contributed by atoms with Crippen molar-refractivity contribution in [2.45, 2.75) is 22.6 Å². The lowest BCUT2D eigenvalue weighted by Crippen LogP contribution is -2.53. The molecule has 2 aromatic rings. The average molecular weight is 516 g/mol. The molecule has 1 amide bonds. The van der Waals surface area contributed by atoms with Crippen LogP contribution in [0.2, 0.25) is 5.02 Å². The molecule has 2 saturated heterocycles. The van der Waals surface area contributed by atoms with Gasteiger partial charge >= 0.3 is 0 Å². The first-order chi connectivity index (χ1) is 13.8. The minimum atomic E-state index is -3.54. The molecule has 0 saturated carbocycles. The molecule has 0 N–H and O–H groups in total. The topological polar surface area (TPSA) is 57.7 Å². The molecule has 1 spiro atoms. The van der Waals surface area contributed by atoms with Crippen LogP contribution >= 0.6 is 39.3 Å². The minimum Gasteiger partial charge on any atom is -0.323 e. The highest BCUT2D eigenvalue weighted by molar-refractivity contribution is 9.10. The monoisotopic (exact) mass is 514 g/mol. The fraction of sp³-hybridized carbons (Fsp3) is 0.350. The SMILES string of the molecule is O=C(c1cccc(Cl)c1)N1CCSC12CCN(S(=O)(=O)c1ccc(Br)cc1)CC2. The lowest BCUT2D eigenvalue weighted by atomic mass is 10.0. The maximum atomic E-state index is 13.1. The molecule has 0 aliphatic carbocycles. The van der Waals surface area contributed by atoms with Crippen molar-refractivity contribution in [1.82, 2.24) is 9.21 Å². The van der Waals surface area contributed by atoms with Crippen LogP contribution in [0, 0.1) is 0 Å². The number of piperidine rings is 1. The van der Waals surface area contributed by atoms with E-state index in [1.807, 2.05) is 4.90 Å². The Balaban J connectivity index is 1.51. The molecule has 9 heteroatoms. The van der Waals surface area contributed by atoms with Crippen molar-refractivity contribution < 1.29 is 13.2 Å². The van der Waals surface area contributed by atoms with E-state index in [9.17, 15) is 13.2 Å². The van der Waals surface area contributed by atoms with Crippen LogP contribution in [0.3, 0.4) is 0 Å². The van der Waals surface area contributed by atoms with Crippen molar-refractivity contribution in [3.63, 3.8) is 0 Å².